The summed E-state index contributed by atoms with van der Waals surface area (Å²) in [5.74, 6) is 3.98. The van der Waals surface area contributed by atoms with Gasteiger partial charge in [0.2, 0.25) is 0 Å². The fraction of sp³-hybridized carbons (Fsp3) is 0.544. The van der Waals surface area contributed by atoms with E-state index in [1.165, 1.54) is 22.3 Å². The number of carbonyl (C=O) groups is 4. The predicted octanol–water partition coefficient (Wildman–Crippen LogP) is 22.6. The highest BCUT2D eigenvalue weighted by Crippen LogP contribution is 2.50. The molecule has 4 amide bonds. The summed E-state index contributed by atoms with van der Waals surface area (Å²) in [4.78, 5) is 60.9. The number of likely N-dealkylation sites (tertiary alicyclic amines) is 4. The van der Waals surface area contributed by atoms with Crippen molar-refractivity contribution in [3.05, 3.63) is 255 Å². The number of hydrogen-bond acceptors (Lipinski definition) is 18. The van der Waals surface area contributed by atoms with Gasteiger partial charge in [-0.15, -0.1) is 0 Å². The van der Waals surface area contributed by atoms with Gasteiger partial charge in [0, 0.05) is 146 Å². The maximum absolute atomic E-state index is 13.3. The SMILES string of the molecule is CCOC1CC(c2ccccc2)OC2(CCN(C(=O)c3ccc(OC(C)C)c(C)c3)CC2)C1.CCOC1CC(c2ccccc2)OC2(CCN(C(=O)c3ccc(OC(C)C)c(C)c3)CC2)C1.COCCOC1CC(c2ccccc2)OC2(CCN(C(=O)c3ccc(OC(C)C)c(OC)c3)CC2)C1.Cc1cc(C(=O)N2CCC3(CC2)CC(OC(C)C)CC(c2ccccc2)O3)ccc1OC(C)C. The first-order valence-electron chi connectivity index (χ1n) is 50.2. The van der Waals surface area contributed by atoms with Gasteiger partial charge < -0.3 is 85.9 Å². The molecule has 8 heterocycles. The number of benzene rings is 8. The molecule has 0 aromatic heterocycles. The van der Waals surface area contributed by atoms with Gasteiger partial charge in [-0.1, -0.05) is 121 Å². The zero-order valence-corrected chi connectivity index (χ0v) is 83.9. The highest BCUT2D eigenvalue weighted by atomic mass is 16.6. The molecule has 0 bridgehead atoms. The number of carbonyl (C=O) groups excluding carboxylic acids is 4. The average Bonchev–Trinajstić information content (AvgIpc) is 0.786. The summed E-state index contributed by atoms with van der Waals surface area (Å²) >= 11 is 0. The van der Waals surface area contributed by atoms with Gasteiger partial charge in [-0.2, -0.15) is 0 Å². The van der Waals surface area contributed by atoms with Crippen molar-refractivity contribution < 1.29 is 85.5 Å². The highest BCUT2D eigenvalue weighted by Gasteiger charge is 2.50. The van der Waals surface area contributed by atoms with E-state index < -0.39 is 0 Å². The van der Waals surface area contributed by atoms with Crippen molar-refractivity contribution in [2.24, 2.45) is 0 Å². The lowest BCUT2D eigenvalue weighted by Gasteiger charge is -2.49. The molecule has 8 saturated heterocycles. The third-order valence-corrected chi connectivity index (χ3v) is 27.4. The molecule has 8 unspecified atom stereocenters. The quantitative estimate of drug-likeness (QED) is 0.0438. The molecular formula is C114H152N4O18. The monoisotopic (exact) mass is 1870 g/mol. The Morgan fingerprint density at radius 2 is 0.574 bits per heavy atom. The van der Waals surface area contributed by atoms with Crippen molar-refractivity contribution >= 4 is 23.6 Å². The molecule has 22 heteroatoms. The summed E-state index contributed by atoms with van der Waals surface area (Å²) in [5.41, 5.74) is 9.50. The lowest BCUT2D eigenvalue weighted by atomic mass is 9.80. The largest absolute Gasteiger partial charge is 0.493 e. The first-order chi connectivity index (χ1) is 65.4. The number of piperidine rings is 4. The van der Waals surface area contributed by atoms with E-state index >= 15 is 0 Å². The molecule has 22 nitrogen and oxygen atoms in total. The molecule has 0 N–H and O–H groups in total. The topological polar surface area (TPSA) is 210 Å². The molecule has 0 aliphatic carbocycles. The van der Waals surface area contributed by atoms with Crippen LogP contribution >= 0.6 is 0 Å². The minimum atomic E-state index is -0.306. The average molecular weight is 1870 g/mol. The number of hydrogen-bond donors (Lipinski definition) is 0. The minimum Gasteiger partial charge on any atom is -0.493 e. The van der Waals surface area contributed by atoms with E-state index in [2.05, 4.69) is 113 Å². The van der Waals surface area contributed by atoms with E-state index in [4.69, 9.17) is 66.3 Å². The summed E-state index contributed by atoms with van der Waals surface area (Å²) in [6.45, 7) is 38.3. The number of amides is 4. The van der Waals surface area contributed by atoms with Gasteiger partial charge in [-0.3, -0.25) is 19.2 Å². The van der Waals surface area contributed by atoms with Gasteiger partial charge in [0.25, 0.3) is 23.6 Å². The maximum atomic E-state index is 13.3. The van der Waals surface area contributed by atoms with Crippen molar-refractivity contribution in [2.45, 2.75) is 308 Å². The summed E-state index contributed by atoms with van der Waals surface area (Å²) in [6.07, 6.45) is 14.8. The fourth-order valence-corrected chi connectivity index (χ4v) is 20.8. The summed E-state index contributed by atoms with van der Waals surface area (Å²) in [5, 5.41) is 0. The molecule has 136 heavy (non-hydrogen) atoms. The molecule has 0 saturated carbocycles. The Labute approximate surface area is 809 Å². The lowest BCUT2D eigenvalue weighted by Crippen LogP contribution is -2.52. The first-order valence-corrected chi connectivity index (χ1v) is 50.2. The van der Waals surface area contributed by atoms with E-state index in [1.54, 1.807) is 20.3 Å². The van der Waals surface area contributed by atoms with Crippen molar-refractivity contribution in [1.82, 2.24) is 19.6 Å². The maximum Gasteiger partial charge on any atom is 0.253 e. The second-order valence-corrected chi connectivity index (χ2v) is 39.6. The van der Waals surface area contributed by atoms with E-state index in [0.717, 1.165) is 153 Å². The van der Waals surface area contributed by atoms with Gasteiger partial charge in [0.05, 0.1) is 122 Å². The van der Waals surface area contributed by atoms with E-state index in [-0.39, 0.29) is 125 Å². The van der Waals surface area contributed by atoms with Gasteiger partial charge in [0.15, 0.2) is 11.5 Å². The highest BCUT2D eigenvalue weighted by molar-refractivity contribution is 5.97. The Hall–Kier alpha value is -9.72. The molecule has 8 atom stereocenters. The van der Waals surface area contributed by atoms with Crippen LogP contribution in [-0.4, -0.2) is 214 Å². The van der Waals surface area contributed by atoms with E-state index in [9.17, 15) is 19.2 Å². The molecule has 736 valence electrons. The number of methoxy groups -OCH3 is 2. The number of ether oxygens (including phenoxy) is 14. The van der Waals surface area contributed by atoms with Gasteiger partial charge in [-0.05, 0) is 267 Å². The van der Waals surface area contributed by atoms with Crippen LogP contribution < -0.4 is 23.7 Å². The second kappa shape index (κ2) is 48.7. The van der Waals surface area contributed by atoms with Gasteiger partial charge in [0.1, 0.15) is 17.2 Å². The van der Waals surface area contributed by atoms with Crippen LogP contribution in [0.5, 0.6) is 28.7 Å². The molecule has 8 aliphatic heterocycles. The molecule has 8 aliphatic rings. The molecule has 0 radical (unpaired) electrons. The second-order valence-electron chi connectivity index (χ2n) is 39.6. The number of rotatable bonds is 27. The smallest absolute Gasteiger partial charge is 0.253 e. The van der Waals surface area contributed by atoms with Crippen LogP contribution in [-0.2, 0) is 42.6 Å². The van der Waals surface area contributed by atoms with Crippen molar-refractivity contribution in [1.29, 1.82) is 0 Å². The van der Waals surface area contributed by atoms with Crippen molar-refractivity contribution in [3.63, 3.8) is 0 Å². The Morgan fingerprint density at radius 3 is 0.831 bits per heavy atom. The number of nitrogens with zero attached hydrogens (tertiary/aromatic N) is 4. The van der Waals surface area contributed by atoms with Gasteiger partial charge in [-0.25, -0.2) is 0 Å². The van der Waals surface area contributed by atoms with Crippen LogP contribution in [0.3, 0.4) is 0 Å². The Morgan fingerprint density at radius 1 is 0.316 bits per heavy atom. The minimum absolute atomic E-state index is 0.00237. The van der Waals surface area contributed by atoms with Gasteiger partial charge >= 0.3 is 0 Å². The van der Waals surface area contributed by atoms with Crippen LogP contribution in [0, 0.1) is 20.8 Å². The van der Waals surface area contributed by atoms with E-state index in [1.807, 2.05) is 199 Å². The molecule has 8 aromatic rings. The third kappa shape index (κ3) is 28.1. The van der Waals surface area contributed by atoms with Crippen LogP contribution in [0.2, 0.25) is 0 Å². The Bertz CT molecular complexity index is 4920. The van der Waals surface area contributed by atoms with Crippen LogP contribution in [0.1, 0.15) is 291 Å². The van der Waals surface area contributed by atoms with Crippen molar-refractivity contribution in [3.8, 4) is 28.7 Å². The first kappa shape index (κ1) is 104. The molecule has 4 spiro atoms. The zero-order chi connectivity index (χ0) is 96.7. The molecule has 16 rings (SSSR count). The Balaban J connectivity index is 0.000000153. The standard InChI is InChI=1S/C29H39NO6.C29H39NO4.2C28H37NO4/c1-21(2)35-25-11-10-23(18-27(25)33-4)28(31)30-14-12-29(13-15-30)20-24(34-17-16-32-3)19-26(36-29)22-8-6-5-7-9-22;1-20(2)32-25-18-27(23-9-7-6-8-10-23)34-29(19-25)13-15-30(16-14-29)28(31)24-11-12-26(22(5)17-24)33-21(3)4;2*1-5-31-24-18-26(22-9-7-6-8-10-22)33-28(19-24)13-15-29(16-14-28)27(30)23-11-12-25(21(4)17-23)32-20(2)3/h5-11,18,21,24,26H,12-17,19-20H2,1-4H3;6-12,17,20-21,25,27H,13-16,18-19H2,1-5H3;2*6-12,17,20,24,26H,5,13-16,18-19H2,1-4H3. The molecule has 8 aromatic carbocycles. The normalized spacial score (nSPS) is 22.2. The van der Waals surface area contributed by atoms with Crippen LogP contribution in [0.15, 0.2) is 194 Å². The summed E-state index contributed by atoms with van der Waals surface area (Å²) in [7, 11) is 3.28. The summed E-state index contributed by atoms with van der Waals surface area (Å²) in [6, 6.07) is 64.3. The number of aryl methyl sites for hydroxylation is 3. The lowest BCUT2D eigenvalue weighted by molar-refractivity contribution is -0.197. The van der Waals surface area contributed by atoms with E-state index in [0.29, 0.717) is 95.8 Å². The Kier molecular flexibility index (Phi) is 37.1. The summed E-state index contributed by atoms with van der Waals surface area (Å²) < 4.78 is 85.7. The van der Waals surface area contributed by atoms with Crippen LogP contribution in [0.4, 0.5) is 0 Å². The van der Waals surface area contributed by atoms with Crippen LogP contribution in [0.25, 0.3) is 0 Å². The third-order valence-electron chi connectivity index (χ3n) is 27.4. The zero-order valence-electron chi connectivity index (χ0n) is 83.9. The molecular weight excluding hydrogens is 1710 g/mol. The fourth-order valence-electron chi connectivity index (χ4n) is 20.8. The van der Waals surface area contributed by atoms with Crippen molar-refractivity contribution in [2.75, 3.05) is 93.0 Å². The predicted molar refractivity (Wildman–Crippen MR) is 532 cm³/mol. The molecule has 8 fully saturated rings.